The maximum Gasteiger partial charge on any atom is 0.303 e. The largest absolute Gasteiger partial charge is 0.497 e. The van der Waals surface area contributed by atoms with Crippen molar-refractivity contribution in [3.05, 3.63) is 59.7 Å². The molecule has 0 aromatic heterocycles. The van der Waals surface area contributed by atoms with E-state index in [1.54, 1.807) is 25.3 Å². The lowest BCUT2D eigenvalue weighted by Crippen LogP contribution is -2.37. The zero-order chi connectivity index (χ0) is 20.5. The van der Waals surface area contributed by atoms with Crippen LogP contribution in [0.3, 0.4) is 0 Å². The van der Waals surface area contributed by atoms with E-state index in [1.807, 2.05) is 44.2 Å². The number of methoxy groups -OCH3 is 1. The summed E-state index contributed by atoms with van der Waals surface area (Å²) in [6, 6.07) is 14.4. The van der Waals surface area contributed by atoms with Gasteiger partial charge in [-0.3, -0.25) is 9.59 Å². The average Bonchev–Trinajstić information content (AvgIpc) is 2.66. The van der Waals surface area contributed by atoms with Crippen molar-refractivity contribution in [1.29, 1.82) is 0 Å². The standard InChI is InChI=1S/C22H27NO5/c1-15(2)28-20-14-18(27-3)10-11-19(20)22(26)23-17(9-12-21(24)25)13-16-7-5-4-6-8-16/h4-8,10-11,14-15,17H,9,12-13H2,1-3H3,(H,23,26)(H,24,25). The molecule has 0 spiro atoms. The SMILES string of the molecule is COc1ccc(C(=O)NC(CCC(=O)O)Cc2ccccc2)c(OC(C)C)c1. The average molecular weight is 385 g/mol. The van der Waals surface area contributed by atoms with Gasteiger partial charge in [-0.05, 0) is 44.4 Å². The van der Waals surface area contributed by atoms with Crippen molar-refractivity contribution < 1.29 is 24.2 Å². The molecule has 2 aromatic rings. The van der Waals surface area contributed by atoms with E-state index in [0.717, 1.165) is 5.56 Å². The molecular formula is C22H27NO5. The first-order valence-corrected chi connectivity index (χ1v) is 9.30. The van der Waals surface area contributed by atoms with Crippen molar-refractivity contribution in [2.24, 2.45) is 0 Å². The molecule has 0 saturated carbocycles. The summed E-state index contributed by atoms with van der Waals surface area (Å²) in [5.41, 5.74) is 1.43. The van der Waals surface area contributed by atoms with E-state index >= 15 is 0 Å². The first kappa shape index (κ1) is 21.3. The minimum Gasteiger partial charge on any atom is -0.497 e. The van der Waals surface area contributed by atoms with E-state index in [4.69, 9.17) is 14.6 Å². The zero-order valence-corrected chi connectivity index (χ0v) is 16.5. The van der Waals surface area contributed by atoms with Crippen LogP contribution in [0.4, 0.5) is 0 Å². The second-order valence-electron chi connectivity index (χ2n) is 6.82. The fourth-order valence-electron chi connectivity index (χ4n) is 2.85. The summed E-state index contributed by atoms with van der Waals surface area (Å²) < 4.78 is 11.0. The molecule has 6 nitrogen and oxygen atoms in total. The predicted molar refractivity (Wildman–Crippen MR) is 107 cm³/mol. The van der Waals surface area contributed by atoms with Crippen molar-refractivity contribution in [3.63, 3.8) is 0 Å². The Morgan fingerprint density at radius 2 is 1.82 bits per heavy atom. The normalized spacial score (nSPS) is 11.7. The van der Waals surface area contributed by atoms with Crippen LogP contribution in [0.25, 0.3) is 0 Å². The molecule has 28 heavy (non-hydrogen) atoms. The lowest BCUT2D eigenvalue weighted by molar-refractivity contribution is -0.137. The molecule has 2 aromatic carbocycles. The molecule has 1 unspecified atom stereocenters. The van der Waals surface area contributed by atoms with Gasteiger partial charge in [0.2, 0.25) is 0 Å². The number of carboxylic acids is 1. The van der Waals surface area contributed by atoms with E-state index < -0.39 is 5.97 Å². The Kier molecular flexibility index (Phi) is 7.87. The van der Waals surface area contributed by atoms with Crippen molar-refractivity contribution in [3.8, 4) is 11.5 Å². The van der Waals surface area contributed by atoms with Crippen molar-refractivity contribution in [2.75, 3.05) is 7.11 Å². The highest BCUT2D eigenvalue weighted by Gasteiger charge is 2.20. The molecule has 2 N–H and O–H groups in total. The van der Waals surface area contributed by atoms with E-state index in [9.17, 15) is 9.59 Å². The van der Waals surface area contributed by atoms with Gasteiger partial charge in [0, 0.05) is 18.5 Å². The summed E-state index contributed by atoms with van der Waals surface area (Å²) in [4.78, 5) is 23.9. The molecule has 1 atom stereocenters. The van der Waals surface area contributed by atoms with Crippen molar-refractivity contribution in [2.45, 2.75) is 45.3 Å². The fourth-order valence-corrected chi connectivity index (χ4v) is 2.85. The third kappa shape index (κ3) is 6.61. The minimum atomic E-state index is -0.888. The van der Waals surface area contributed by atoms with Gasteiger partial charge in [0.25, 0.3) is 5.91 Å². The van der Waals surface area contributed by atoms with Crippen LogP contribution in [0.15, 0.2) is 48.5 Å². The fraction of sp³-hybridized carbons (Fsp3) is 0.364. The first-order chi connectivity index (χ1) is 13.4. The summed E-state index contributed by atoms with van der Waals surface area (Å²) in [5.74, 6) is -0.160. The van der Waals surface area contributed by atoms with Crippen molar-refractivity contribution >= 4 is 11.9 Å². The van der Waals surface area contributed by atoms with Crippen LogP contribution in [0.1, 0.15) is 42.6 Å². The molecule has 0 bridgehead atoms. The van der Waals surface area contributed by atoms with Gasteiger partial charge in [-0.1, -0.05) is 30.3 Å². The number of carbonyl (C=O) groups excluding carboxylic acids is 1. The molecular weight excluding hydrogens is 358 g/mol. The second kappa shape index (κ2) is 10.3. The number of benzene rings is 2. The van der Waals surface area contributed by atoms with Gasteiger partial charge in [-0.25, -0.2) is 0 Å². The lowest BCUT2D eigenvalue weighted by atomic mass is 10.0. The van der Waals surface area contributed by atoms with E-state index in [2.05, 4.69) is 5.32 Å². The van der Waals surface area contributed by atoms with Crippen LogP contribution in [-0.2, 0) is 11.2 Å². The van der Waals surface area contributed by atoms with Crippen LogP contribution in [-0.4, -0.2) is 36.2 Å². The molecule has 0 radical (unpaired) electrons. The Morgan fingerprint density at radius 1 is 1.11 bits per heavy atom. The monoisotopic (exact) mass is 385 g/mol. The molecule has 2 rings (SSSR count). The smallest absolute Gasteiger partial charge is 0.303 e. The molecule has 0 aliphatic carbocycles. The summed E-state index contributed by atoms with van der Waals surface area (Å²) in [6.45, 7) is 3.76. The molecule has 0 fully saturated rings. The Labute approximate surface area is 165 Å². The van der Waals surface area contributed by atoms with E-state index in [1.165, 1.54) is 0 Å². The number of rotatable bonds is 10. The maximum atomic E-state index is 12.9. The number of aliphatic carboxylic acids is 1. The highest BCUT2D eigenvalue weighted by molar-refractivity contribution is 5.97. The Balaban J connectivity index is 2.20. The molecule has 1 amide bonds. The Hall–Kier alpha value is -3.02. The second-order valence-corrected chi connectivity index (χ2v) is 6.82. The van der Waals surface area contributed by atoms with Crippen LogP contribution < -0.4 is 14.8 Å². The third-order valence-electron chi connectivity index (χ3n) is 4.16. The van der Waals surface area contributed by atoms with Gasteiger partial charge >= 0.3 is 5.97 Å². The van der Waals surface area contributed by atoms with Crippen LogP contribution in [0, 0.1) is 0 Å². The third-order valence-corrected chi connectivity index (χ3v) is 4.16. The first-order valence-electron chi connectivity index (χ1n) is 9.30. The van der Waals surface area contributed by atoms with Gasteiger partial charge in [-0.15, -0.1) is 0 Å². The van der Waals surface area contributed by atoms with Gasteiger partial charge in [0.05, 0.1) is 18.8 Å². The molecule has 0 aliphatic heterocycles. The minimum absolute atomic E-state index is 0.0181. The molecule has 150 valence electrons. The molecule has 6 heteroatoms. The number of hydrogen-bond acceptors (Lipinski definition) is 4. The number of amides is 1. The topological polar surface area (TPSA) is 84.9 Å². The predicted octanol–water partition coefficient (Wildman–Crippen LogP) is 3.69. The number of nitrogens with one attached hydrogen (secondary N) is 1. The number of carboxylic acid groups (broad SMARTS) is 1. The molecule has 0 saturated heterocycles. The zero-order valence-electron chi connectivity index (χ0n) is 16.5. The van der Waals surface area contributed by atoms with Crippen molar-refractivity contribution in [1.82, 2.24) is 5.32 Å². The van der Waals surface area contributed by atoms with Crippen LogP contribution in [0.5, 0.6) is 11.5 Å². The Morgan fingerprint density at radius 3 is 2.43 bits per heavy atom. The highest BCUT2D eigenvalue weighted by atomic mass is 16.5. The van der Waals surface area contributed by atoms with E-state index in [-0.39, 0.29) is 24.5 Å². The van der Waals surface area contributed by atoms with Gasteiger partial charge in [0.15, 0.2) is 0 Å². The maximum absolute atomic E-state index is 12.9. The van der Waals surface area contributed by atoms with Gasteiger partial charge in [-0.2, -0.15) is 0 Å². The van der Waals surface area contributed by atoms with Gasteiger partial charge < -0.3 is 19.9 Å². The van der Waals surface area contributed by atoms with Crippen LogP contribution >= 0.6 is 0 Å². The summed E-state index contributed by atoms with van der Waals surface area (Å²) in [7, 11) is 1.55. The van der Waals surface area contributed by atoms with Gasteiger partial charge in [0.1, 0.15) is 11.5 Å². The number of hydrogen-bond donors (Lipinski definition) is 2. The number of ether oxygens (including phenoxy) is 2. The highest BCUT2D eigenvalue weighted by Crippen LogP contribution is 2.26. The summed E-state index contributed by atoms with van der Waals surface area (Å²) >= 11 is 0. The lowest BCUT2D eigenvalue weighted by Gasteiger charge is -2.20. The quantitative estimate of drug-likeness (QED) is 0.652. The Bertz CT molecular complexity index is 789. The number of carbonyl (C=O) groups is 2. The summed E-state index contributed by atoms with van der Waals surface area (Å²) in [5, 5.41) is 12.0. The molecule has 0 heterocycles. The molecule has 0 aliphatic rings. The van der Waals surface area contributed by atoms with Crippen LogP contribution in [0.2, 0.25) is 0 Å². The van der Waals surface area contributed by atoms with E-state index in [0.29, 0.717) is 29.9 Å². The summed E-state index contributed by atoms with van der Waals surface area (Å²) in [6.07, 6.45) is 0.768.